The van der Waals surface area contributed by atoms with E-state index in [1.54, 1.807) is 18.2 Å². The summed E-state index contributed by atoms with van der Waals surface area (Å²) in [5.41, 5.74) is 1.26. The maximum absolute atomic E-state index is 12.6. The predicted octanol–water partition coefficient (Wildman–Crippen LogP) is 2.29. The van der Waals surface area contributed by atoms with Gasteiger partial charge in [0.2, 0.25) is 10.0 Å². The first-order chi connectivity index (χ1) is 12.7. The van der Waals surface area contributed by atoms with Crippen LogP contribution in [0.1, 0.15) is 28.3 Å². The van der Waals surface area contributed by atoms with E-state index < -0.39 is 10.0 Å². The molecule has 0 heterocycles. The molecule has 1 aliphatic carbocycles. The van der Waals surface area contributed by atoms with E-state index in [9.17, 15) is 13.2 Å². The molecule has 1 saturated carbocycles. The van der Waals surface area contributed by atoms with E-state index in [0.717, 1.165) is 12.0 Å². The minimum absolute atomic E-state index is 0.0524. The molecule has 3 N–H and O–H groups in total. The molecule has 1 aliphatic rings. The highest BCUT2D eigenvalue weighted by Crippen LogP contribution is 2.41. The number of halogens is 1. The number of carbonyl (C=O) groups is 1. The number of benzene rings is 2. The van der Waals surface area contributed by atoms with Gasteiger partial charge >= 0.3 is 0 Å². The molecule has 3 rings (SSSR count). The summed E-state index contributed by atoms with van der Waals surface area (Å²) >= 11 is 6.11. The Morgan fingerprint density at radius 1 is 1.15 bits per heavy atom. The quantitative estimate of drug-likeness (QED) is 0.759. The van der Waals surface area contributed by atoms with Gasteiger partial charge in [0.15, 0.2) is 0 Å². The van der Waals surface area contributed by atoms with Crippen molar-refractivity contribution >= 4 is 27.5 Å². The number of nitrogens with two attached hydrogens (primary N) is 1. The van der Waals surface area contributed by atoms with Gasteiger partial charge < -0.3 is 14.8 Å². The number of hydrogen-bond acceptors (Lipinski definition) is 5. The van der Waals surface area contributed by atoms with Gasteiger partial charge in [-0.3, -0.25) is 4.79 Å². The molecule has 0 spiro atoms. The summed E-state index contributed by atoms with van der Waals surface area (Å²) in [6, 6.07) is 9.37. The Balaban J connectivity index is 1.71. The molecule has 2 aromatic rings. The van der Waals surface area contributed by atoms with Gasteiger partial charge in [-0.1, -0.05) is 23.7 Å². The highest BCUT2D eigenvalue weighted by atomic mass is 35.5. The molecule has 0 aromatic heterocycles. The Hall–Kier alpha value is -2.29. The first-order valence-electron chi connectivity index (χ1n) is 8.09. The van der Waals surface area contributed by atoms with E-state index in [1.165, 1.54) is 32.4 Å². The minimum atomic E-state index is -3.72. The van der Waals surface area contributed by atoms with Crippen LogP contribution in [0.3, 0.4) is 0 Å². The maximum Gasteiger partial charge on any atom is 0.255 e. The van der Waals surface area contributed by atoms with Crippen molar-refractivity contribution in [1.29, 1.82) is 0 Å². The second-order valence-electron chi connectivity index (χ2n) is 6.22. The molecule has 0 saturated heterocycles. The Labute approximate surface area is 162 Å². The van der Waals surface area contributed by atoms with Crippen molar-refractivity contribution in [2.24, 2.45) is 5.14 Å². The molecule has 9 heteroatoms. The van der Waals surface area contributed by atoms with Crippen LogP contribution in [-0.2, 0) is 10.0 Å². The maximum atomic E-state index is 12.6. The van der Waals surface area contributed by atoms with Gasteiger partial charge in [-0.2, -0.15) is 0 Å². The molecule has 0 bridgehead atoms. The summed E-state index contributed by atoms with van der Waals surface area (Å²) in [7, 11) is -0.770. The summed E-state index contributed by atoms with van der Waals surface area (Å²) in [5.74, 6) is 0.598. The van der Waals surface area contributed by atoms with Crippen molar-refractivity contribution in [1.82, 2.24) is 5.32 Å². The number of methoxy groups -OCH3 is 2. The lowest BCUT2D eigenvalue weighted by Crippen LogP contribution is -2.27. The molecule has 1 fully saturated rings. The van der Waals surface area contributed by atoms with E-state index in [2.05, 4.69) is 5.32 Å². The largest absolute Gasteiger partial charge is 0.496 e. The van der Waals surface area contributed by atoms with Crippen LogP contribution in [-0.4, -0.2) is 34.6 Å². The highest BCUT2D eigenvalue weighted by Gasteiger charge is 2.40. The summed E-state index contributed by atoms with van der Waals surface area (Å²) in [6.45, 7) is 0. The Morgan fingerprint density at radius 3 is 2.33 bits per heavy atom. The number of ether oxygens (including phenoxy) is 2. The third-order valence-electron chi connectivity index (χ3n) is 4.46. The van der Waals surface area contributed by atoms with E-state index in [0.29, 0.717) is 22.1 Å². The summed E-state index contributed by atoms with van der Waals surface area (Å²) in [4.78, 5) is 12.7. The fourth-order valence-electron chi connectivity index (χ4n) is 2.91. The van der Waals surface area contributed by atoms with Gasteiger partial charge in [0.05, 0.1) is 29.7 Å². The van der Waals surface area contributed by atoms with Crippen LogP contribution in [0.25, 0.3) is 0 Å². The molecular formula is C18H19ClN2O5S. The molecule has 1 amide bonds. The molecule has 0 aliphatic heterocycles. The van der Waals surface area contributed by atoms with Gasteiger partial charge in [0.1, 0.15) is 11.5 Å². The summed E-state index contributed by atoms with van der Waals surface area (Å²) in [6.07, 6.45) is 0.757. The minimum Gasteiger partial charge on any atom is -0.496 e. The van der Waals surface area contributed by atoms with Crippen LogP contribution in [0.2, 0.25) is 5.02 Å². The summed E-state index contributed by atoms with van der Waals surface area (Å²) in [5, 5.41) is 8.36. The topological polar surface area (TPSA) is 108 Å². The van der Waals surface area contributed by atoms with Crippen LogP contribution in [0.5, 0.6) is 11.5 Å². The van der Waals surface area contributed by atoms with Gasteiger partial charge in [0, 0.05) is 18.0 Å². The van der Waals surface area contributed by atoms with Crippen molar-refractivity contribution in [3.8, 4) is 11.5 Å². The van der Waals surface area contributed by atoms with Crippen molar-refractivity contribution in [3.63, 3.8) is 0 Å². The van der Waals surface area contributed by atoms with Crippen molar-refractivity contribution < 1.29 is 22.7 Å². The van der Waals surface area contributed by atoms with Gasteiger partial charge in [-0.15, -0.1) is 0 Å². The lowest BCUT2D eigenvalue weighted by atomic mass is 10.1. The molecule has 2 aromatic carbocycles. The van der Waals surface area contributed by atoms with Crippen LogP contribution < -0.4 is 19.9 Å². The molecule has 2 atom stereocenters. The predicted molar refractivity (Wildman–Crippen MR) is 101 cm³/mol. The SMILES string of the molecule is COc1cc(OC)c(C(=O)N[C@@H]2C[C@H]2c2ccc(S(N)(=O)=O)cc2)cc1Cl. The van der Waals surface area contributed by atoms with E-state index in [-0.39, 0.29) is 22.8 Å². The van der Waals surface area contributed by atoms with E-state index >= 15 is 0 Å². The smallest absolute Gasteiger partial charge is 0.255 e. The number of amides is 1. The number of carbonyl (C=O) groups excluding carboxylic acids is 1. The Bertz CT molecular complexity index is 976. The monoisotopic (exact) mass is 410 g/mol. The zero-order valence-corrected chi connectivity index (χ0v) is 16.3. The fraction of sp³-hybridized carbons (Fsp3) is 0.278. The molecular weight excluding hydrogens is 392 g/mol. The van der Waals surface area contributed by atoms with Crippen molar-refractivity contribution in [2.75, 3.05) is 14.2 Å². The van der Waals surface area contributed by atoms with Crippen LogP contribution in [0.4, 0.5) is 0 Å². The molecule has 0 radical (unpaired) electrons. The van der Waals surface area contributed by atoms with Crippen molar-refractivity contribution in [3.05, 3.63) is 52.5 Å². The lowest BCUT2D eigenvalue weighted by molar-refractivity contribution is 0.0947. The zero-order chi connectivity index (χ0) is 19.8. The molecule has 7 nitrogen and oxygen atoms in total. The fourth-order valence-corrected chi connectivity index (χ4v) is 3.67. The average molecular weight is 411 g/mol. The summed E-state index contributed by atoms with van der Waals surface area (Å²) < 4.78 is 33.0. The molecule has 0 unspecified atom stereocenters. The van der Waals surface area contributed by atoms with Gasteiger partial charge in [0.25, 0.3) is 5.91 Å². The molecule has 27 heavy (non-hydrogen) atoms. The lowest BCUT2D eigenvalue weighted by Gasteiger charge is -2.12. The normalized spacial score (nSPS) is 18.7. The van der Waals surface area contributed by atoms with E-state index in [1.807, 2.05) is 0 Å². The second kappa shape index (κ2) is 7.38. The Kier molecular flexibility index (Phi) is 5.32. The number of sulfonamides is 1. The highest BCUT2D eigenvalue weighted by molar-refractivity contribution is 7.89. The third kappa shape index (κ3) is 4.18. The number of hydrogen-bond donors (Lipinski definition) is 2. The standard InChI is InChI=1S/C18H19ClN2O5S/c1-25-16-9-17(26-2)14(19)7-13(16)18(22)21-15-8-12(15)10-3-5-11(6-4-10)27(20,23)24/h3-7,9,12,15H,8H2,1-2H3,(H,21,22)(H2,20,23,24)/t12-,15+/m0/s1. The number of nitrogens with one attached hydrogen (secondary N) is 1. The van der Waals surface area contributed by atoms with Gasteiger partial charge in [-0.25, -0.2) is 13.6 Å². The van der Waals surface area contributed by atoms with E-state index in [4.69, 9.17) is 26.2 Å². The zero-order valence-electron chi connectivity index (χ0n) is 14.7. The Morgan fingerprint density at radius 2 is 1.78 bits per heavy atom. The second-order valence-corrected chi connectivity index (χ2v) is 8.19. The van der Waals surface area contributed by atoms with Crippen molar-refractivity contribution in [2.45, 2.75) is 23.3 Å². The third-order valence-corrected chi connectivity index (χ3v) is 5.69. The number of primary sulfonamides is 1. The van der Waals surface area contributed by atoms with Crippen LogP contribution in [0, 0.1) is 0 Å². The average Bonchev–Trinajstić information content (AvgIpc) is 3.39. The van der Waals surface area contributed by atoms with Gasteiger partial charge in [-0.05, 0) is 30.2 Å². The van der Waals surface area contributed by atoms with Crippen LogP contribution in [0.15, 0.2) is 41.3 Å². The first kappa shape index (κ1) is 19.5. The van der Waals surface area contributed by atoms with Crippen LogP contribution >= 0.6 is 11.6 Å². The number of rotatable bonds is 6. The first-order valence-corrected chi connectivity index (χ1v) is 10.0. The molecule has 144 valence electrons.